The average Bonchev–Trinajstić information content (AvgIpc) is 3.10. The molecule has 0 bridgehead atoms. The number of hydrogen-bond donors (Lipinski definition) is 1. The van der Waals surface area contributed by atoms with E-state index in [1.54, 1.807) is 24.6 Å². The lowest BCUT2D eigenvalue weighted by atomic mass is 9.88. The number of halogens is 1. The molecule has 0 radical (unpaired) electrons. The van der Waals surface area contributed by atoms with E-state index in [1.165, 1.54) is 4.57 Å². The van der Waals surface area contributed by atoms with Crippen molar-refractivity contribution in [1.29, 1.82) is 0 Å². The highest BCUT2D eigenvalue weighted by atomic mass is 35.5. The molecule has 0 saturated carbocycles. The maximum Gasteiger partial charge on any atom is 0.326 e. The van der Waals surface area contributed by atoms with Crippen LogP contribution in [0.3, 0.4) is 0 Å². The highest BCUT2D eigenvalue weighted by Gasteiger charge is 2.29. The molecule has 148 valence electrons. The summed E-state index contributed by atoms with van der Waals surface area (Å²) in [6.45, 7) is 0. The van der Waals surface area contributed by atoms with Crippen LogP contribution in [0.4, 0.5) is 0 Å². The van der Waals surface area contributed by atoms with Crippen molar-refractivity contribution in [2.75, 3.05) is 0 Å². The summed E-state index contributed by atoms with van der Waals surface area (Å²) in [5.41, 5.74) is 4.67. The number of benzene rings is 2. The van der Waals surface area contributed by atoms with Gasteiger partial charge in [0, 0.05) is 29.4 Å². The summed E-state index contributed by atoms with van der Waals surface area (Å²) in [7, 11) is 1.71. The van der Waals surface area contributed by atoms with Gasteiger partial charge in [-0.25, -0.2) is 9.78 Å². The fraction of sp³-hybridized carbons (Fsp3) is 0.0870. The molecule has 1 N–H and O–H groups in total. The van der Waals surface area contributed by atoms with Gasteiger partial charge < -0.3 is 4.57 Å². The van der Waals surface area contributed by atoms with Crippen LogP contribution >= 0.6 is 35.2 Å². The molecule has 30 heavy (non-hydrogen) atoms. The van der Waals surface area contributed by atoms with E-state index in [-0.39, 0.29) is 11.6 Å². The van der Waals surface area contributed by atoms with E-state index < -0.39 is 0 Å². The molecule has 4 nitrogen and oxygen atoms in total. The van der Waals surface area contributed by atoms with Crippen molar-refractivity contribution >= 4 is 47.3 Å². The quantitative estimate of drug-likeness (QED) is 0.342. The number of aryl methyl sites for hydroxylation is 1. The molecule has 2 aromatic carbocycles. The number of nitrogens with zero attached hydrogens (tertiary/aromatic N) is 2. The van der Waals surface area contributed by atoms with Gasteiger partial charge in [0.2, 0.25) is 0 Å². The topological polar surface area (TPSA) is 50.7 Å². The number of aromatic amines is 1. The number of rotatable bonds is 2. The number of thiazole rings is 1. The number of nitrogens with one attached hydrogen (secondary N) is 1. The summed E-state index contributed by atoms with van der Waals surface area (Å²) in [6, 6.07) is 16.0. The van der Waals surface area contributed by atoms with Gasteiger partial charge in [0.15, 0.2) is 0 Å². The standard InChI is InChI=1S/C23H16ClN3OS2/c1-27-12-17(21(29)26-23(27)28)19-16-9-8-15(24)11-14(16)7-10-18-20(19)25-22(30-18)13-5-3-2-4-6-13/h2-12,19H,1H3,(H,26,28,29). The number of H-pyrrole nitrogens is 1. The molecule has 0 aliphatic heterocycles. The molecular weight excluding hydrogens is 434 g/mol. The van der Waals surface area contributed by atoms with E-state index in [0.29, 0.717) is 9.66 Å². The molecular formula is C23H16ClN3OS2. The predicted molar refractivity (Wildman–Crippen MR) is 126 cm³/mol. The normalized spacial score (nSPS) is 14.8. The van der Waals surface area contributed by atoms with Crippen LogP contribution in [-0.4, -0.2) is 14.5 Å². The monoisotopic (exact) mass is 449 g/mol. The van der Waals surface area contributed by atoms with Crippen molar-refractivity contribution in [3.8, 4) is 10.6 Å². The fourth-order valence-corrected chi connectivity index (χ4v) is 5.19. The van der Waals surface area contributed by atoms with Crippen LogP contribution in [-0.2, 0) is 7.05 Å². The number of fused-ring (bicyclic) bond motifs is 2. The van der Waals surface area contributed by atoms with Gasteiger partial charge in [0.25, 0.3) is 0 Å². The number of aromatic nitrogens is 3. The molecule has 1 aliphatic rings. The molecule has 4 aromatic rings. The van der Waals surface area contributed by atoms with E-state index in [1.807, 2.05) is 36.4 Å². The van der Waals surface area contributed by atoms with Crippen molar-refractivity contribution in [1.82, 2.24) is 14.5 Å². The smallest absolute Gasteiger partial charge is 0.304 e. The third-order valence-electron chi connectivity index (χ3n) is 5.20. The second-order valence-electron chi connectivity index (χ2n) is 7.13. The van der Waals surface area contributed by atoms with E-state index in [4.69, 9.17) is 28.8 Å². The van der Waals surface area contributed by atoms with Gasteiger partial charge in [-0.2, -0.15) is 0 Å². The molecule has 0 saturated heterocycles. The summed E-state index contributed by atoms with van der Waals surface area (Å²) in [6.07, 6.45) is 5.96. The first-order chi connectivity index (χ1) is 14.5. The first kappa shape index (κ1) is 19.2. The van der Waals surface area contributed by atoms with Crippen molar-refractivity contribution in [2.45, 2.75) is 5.92 Å². The lowest BCUT2D eigenvalue weighted by Crippen LogP contribution is -2.22. The fourth-order valence-electron chi connectivity index (χ4n) is 3.74. The summed E-state index contributed by atoms with van der Waals surface area (Å²) < 4.78 is 1.94. The summed E-state index contributed by atoms with van der Waals surface area (Å²) >= 11 is 13.5. The van der Waals surface area contributed by atoms with Crippen LogP contribution in [0.5, 0.6) is 0 Å². The Balaban J connectivity index is 1.80. The van der Waals surface area contributed by atoms with Gasteiger partial charge in [-0.3, -0.25) is 4.98 Å². The maximum atomic E-state index is 12.1. The van der Waals surface area contributed by atoms with E-state index in [0.717, 1.165) is 37.8 Å². The minimum absolute atomic E-state index is 0.216. The second-order valence-corrected chi connectivity index (χ2v) is 9.00. The van der Waals surface area contributed by atoms with Crippen LogP contribution in [0, 0.1) is 4.64 Å². The average molecular weight is 450 g/mol. The van der Waals surface area contributed by atoms with Crippen LogP contribution in [0.2, 0.25) is 5.02 Å². The minimum Gasteiger partial charge on any atom is -0.304 e. The first-order valence-corrected chi connectivity index (χ1v) is 10.9. The molecule has 2 aromatic heterocycles. The highest BCUT2D eigenvalue weighted by Crippen LogP contribution is 2.43. The van der Waals surface area contributed by atoms with Crippen LogP contribution in [0.15, 0.2) is 59.5 Å². The first-order valence-electron chi connectivity index (χ1n) is 9.35. The van der Waals surface area contributed by atoms with E-state index in [2.05, 4.69) is 29.3 Å². The minimum atomic E-state index is -0.240. The largest absolute Gasteiger partial charge is 0.326 e. The Hall–Kier alpha value is -2.80. The Morgan fingerprint density at radius 1 is 1.13 bits per heavy atom. The third kappa shape index (κ3) is 3.27. The molecule has 1 unspecified atom stereocenters. The van der Waals surface area contributed by atoms with Crippen molar-refractivity contribution in [3.05, 3.63) is 102 Å². The zero-order chi connectivity index (χ0) is 20.8. The predicted octanol–water partition coefficient (Wildman–Crippen LogP) is 5.88. The summed E-state index contributed by atoms with van der Waals surface area (Å²) in [4.78, 5) is 21.0. The SMILES string of the molecule is Cn1cc(C2c3ccc(Cl)cc3C=Cc3sc(-c4ccccc4)nc32)c(=S)[nH]c1=O. The lowest BCUT2D eigenvalue weighted by molar-refractivity contribution is 0.770. The van der Waals surface area contributed by atoms with Crippen LogP contribution in [0.1, 0.15) is 33.2 Å². The van der Waals surface area contributed by atoms with Gasteiger partial charge in [-0.15, -0.1) is 11.3 Å². The van der Waals surface area contributed by atoms with Crippen molar-refractivity contribution in [2.24, 2.45) is 7.05 Å². The maximum absolute atomic E-state index is 12.1. The van der Waals surface area contributed by atoms with Gasteiger partial charge in [0.05, 0.1) is 16.5 Å². The van der Waals surface area contributed by atoms with Gasteiger partial charge >= 0.3 is 5.69 Å². The molecule has 0 fully saturated rings. The lowest BCUT2D eigenvalue weighted by Gasteiger charge is -2.19. The van der Waals surface area contributed by atoms with E-state index in [9.17, 15) is 4.79 Å². The van der Waals surface area contributed by atoms with Crippen LogP contribution in [0.25, 0.3) is 22.7 Å². The summed E-state index contributed by atoms with van der Waals surface area (Å²) in [5.74, 6) is -0.216. The Morgan fingerprint density at radius 2 is 1.93 bits per heavy atom. The zero-order valence-corrected chi connectivity index (χ0v) is 18.3. The number of hydrogen-bond acceptors (Lipinski definition) is 4. The third-order valence-corrected chi connectivity index (χ3v) is 6.85. The van der Waals surface area contributed by atoms with Gasteiger partial charge in [0.1, 0.15) is 9.65 Å². The van der Waals surface area contributed by atoms with Gasteiger partial charge in [-0.1, -0.05) is 66.3 Å². The Labute approximate surface area is 187 Å². The molecule has 5 rings (SSSR count). The highest BCUT2D eigenvalue weighted by molar-refractivity contribution is 7.71. The van der Waals surface area contributed by atoms with Crippen LogP contribution < -0.4 is 5.69 Å². The van der Waals surface area contributed by atoms with Gasteiger partial charge in [-0.05, 0) is 29.3 Å². The molecule has 7 heteroatoms. The Bertz CT molecular complexity index is 1420. The van der Waals surface area contributed by atoms with E-state index >= 15 is 0 Å². The Morgan fingerprint density at radius 3 is 2.73 bits per heavy atom. The molecule has 1 atom stereocenters. The Kier molecular flexibility index (Phi) is 4.77. The molecule has 0 amide bonds. The van der Waals surface area contributed by atoms with Crippen molar-refractivity contribution in [3.63, 3.8) is 0 Å². The molecule has 2 heterocycles. The molecule has 1 aliphatic carbocycles. The molecule has 0 spiro atoms. The van der Waals surface area contributed by atoms with Crippen molar-refractivity contribution < 1.29 is 0 Å². The summed E-state index contributed by atoms with van der Waals surface area (Å²) in [5, 5.41) is 1.62. The second kappa shape index (κ2) is 7.47. The zero-order valence-electron chi connectivity index (χ0n) is 15.9.